The van der Waals surface area contributed by atoms with Gasteiger partial charge in [-0.05, 0) is 5.92 Å². The first kappa shape index (κ1) is 13.3. The summed E-state index contributed by atoms with van der Waals surface area (Å²) in [7, 11) is 1.00. The van der Waals surface area contributed by atoms with E-state index in [9.17, 15) is 0 Å². The molecule has 0 spiro atoms. The van der Waals surface area contributed by atoms with Crippen LogP contribution >= 0.6 is 11.6 Å². The summed E-state index contributed by atoms with van der Waals surface area (Å²) in [5.41, 5.74) is 0. The number of halogens is 1. The molecule has 0 radical (unpaired) electrons. The topological polar surface area (TPSA) is 46.0 Å². The van der Waals surface area contributed by atoms with Crippen molar-refractivity contribution >= 4 is 11.6 Å². The monoisotopic (exact) mass is 216 g/mol. The lowest BCUT2D eigenvalue weighted by atomic mass is 9.97. The summed E-state index contributed by atoms with van der Waals surface area (Å²) in [4.78, 5) is 8.31. The van der Waals surface area contributed by atoms with E-state index < -0.39 is 0 Å². The van der Waals surface area contributed by atoms with Crippen LogP contribution in [0.2, 0.25) is 5.02 Å². The van der Waals surface area contributed by atoms with Gasteiger partial charge in [0, 0.05) is 25.4 Å². The molecule has 4 heteroatoms. The Bertz CT molecular complexity index is 249. The standard InChI is InChI=1S/C9H13ClN2.CH4O/c1-6(2)7(3)9-11-4-8(10)5-12-9;1-2/h4-7H,1-3H3;2H,1H3. The van der Waals surface area contributed by atoms with Crippen molar-refractivity contribution in [1.82, 2.24) is 9.97 Å². The van der Waals surface area contributed by atoms with Gasteiger partial charge in [0.05, 0.1) is 5.02 Å². The van der Waals surface area contributed by atoms with Crippen LogP contribution in [0.15, 0.2) is 12.4 Å². The van der Waals surface area contributed by atoms with E-state index >= 15 is 0 Å². The van der Waals surface area contributed by atoms with E-state index in [1.54, 1.807) is 12.4 Å². The summed E-state index contributed by atoms with van der Waals surface area (Å²) in [6.07, 6.45) is 3.28. The van der Waals surface area contributed by atoms with Crippen LogP contribution in [-0.4, -0.2) is 22.2 Å². The number of aliphatic hydroxyl groups excluding tert-OH is 1. The number of nitrogens with zero attached hydrogens (tertiary/aromatic N) is 2. The van der Waals surface area contributed by atoms with Gasteiger partial charge in [-0.1, -0.05) is 32.4 Å². The second-order valence-electron chi connectivity index (χ2n) is 3.29. The van der Waals surface area contributed by atoms with Crippen LogP contribution < -0.4 is 0 Å². The van der Waals surface area contributed by atoms with Gasteiger partial charge in [0.1, 0.15) is 5.82 Å². The third-order valence-electron chi connectivity index (χ3n) is 2.05. The molecule has 3 nitrogen and oxygen atoms in total. The third kappa shape index (κ3) is 4.03. The molecule has 0 fully saturated rings. The summed E-state index contributed by atoms with van der Waals surface area (Å²) in [5.74, 6) is 1.82. The summed E-state index contributed by atoms with van der Waals surface area (Å²) < 4.78 is 0. The lowest BCUT2D eigenvalue weighted by molar-refractivity contribution is 0.399. The van der Waals surface area contributed by atoms with Crippen molar-refractivity contribution < 1.29 is 5.11 Å². The first-order valence-electron chi connectivity index (χ1n) is 4.53. The molecule has 0 saturated carbocycles. The molecule has 0 aliphatic rings. The van der Waals surface area contributed by atoms with Gasteiger partial charge in [0.2, 0.25) is 0 Å². The Morgan fingerprint density at radius 3 is 1.93 bits per heavy atom. The first-order chi connectivity index (χ1) is 6.61. The normalized spacial score (nSPS) is 11.9. The minimum Gasteiger partial charge on any atom is -0.400 e. The summed E-state index contributed by atoms with van der Waals surface area (Å²) in [5, 5.41) is 7.59. The molecular weight excluding hydrogens is 200 g/mol. The predicted octanol–water partition coefficient (Wildman–Crippen LogP) is 2.50. The van der Waals surface area contributed by atoms with Crippen molar-refractivity contribution in [3.63, 3.8) is 0 Å². The molecule has 1 aromatic heterocycles. The summed E-state index contributed by atoms with van der Waals surface area (Å²) >= 11 is 5.67. The molecule has 1 unspecified atom stereocenters. The molecule has 1 rings (SSSR count). The Hall–Kier alpha value is -0.670. The van der Waals surface area contributed by atoms with Crippen LogP contribution in [0.1, 0.15) is 32.5 Å². The van der Waals surface area contributed by atoms with Crippen molar-refractivity contribution in [2.75, 3.05) is 7.11 Å². The van der Waals surface area contributed by atoms with Gasteiger partial charge in [-0.25, -0.2) is 9.97 Å². The zero-order chi connectivity index (χ0) is 11.1. The Kier molecular flexibility index (Phi) is 6.41. The minimum absolute atomic E-state index is 0.391. The highest BCUT2D eigenvalue weighted by molar-refractivity contribution is 6.30. The van der Waals surface area contributed by atoms with Crippen molar-refractivity contribution in [2.24, 2.45) is 5.92 Å². The molecule has 80 valence electrons. The van der Waals surface area contributed by atoms with Gasteiger partial charge in [-0.2, -0.15) is 0 Å². The molecule has 1 aromatic rings. The Morgan fingerprint density at radius 1 is 1.14 bits per heavy atom. The molecule has 0 saturated heterocycles. The van der Waals surface area contributed by atoms with E-state index in [0.29, 0.717) is 16.9 Å². The maximum absolute atomic E-state index is 7.00. The van der Waals surface area contributed by atoms with Crippen LogP contribution in [0, 0.1) is 5.92 Å². The van der Waals surface area contributed by atoms with Gasteiger partial charge in [-0.3, -0.25) is 0 Å². The average Bonchev–Trinajstić information content (AvgIpc) is 2.21. The maximum Gasteiger partial charge on any atom is 0.131 e. The van der Waals surface area contributed by atoms with Gasteiger partial charge in [-0.15, -0.1) is 0 Å². The minimum atomic E-state index is 0.391. The zero-order valence-electron chi connectivity index (χ0n) is 9.03. The second-order valence-corrected chi connectivity index (χ2v) is 3.73. The third-order valence-corrected chi connectivity index (χ3v) is 2.24. The van der Waals surface area contributed by atoms with Gasteiger partial charge >= 0.3 is 0 Å². The Morgan fingerprint density at radius 2 is 1.57 bits per heavy atom. The molecule has 1 heterocycles. The van der Waals surface area contributed by atoms with Crippen molar-refractivity contribution in [1.29, 1.82) is 0 Å². The van der Waals surface area contributed by atoms with Crippen LogP contribution in [0.5, 0.6) is 0 Å². The van der Waals surface area contributed by atoms with E-state index in [2.05, 4.69) is 30.7 Å². The van der Waals surface area contributed by atoms with Gasteiger partial charge < -0.3 is 5.11 Å². The number of aromatic nitrogens is 2. The SMILES string of the molecule is CC(C)C(C)c1ncc(Cl)cn1.CO. The number of rotatable bonds is 2. The summed E-state index contributed by atoms with van der Waals surface area (Å²) in [6.45, 7) is 6.43. The fourth-order valence-electron chi connectivity index (χ4n) is 0.856. The van der Waals surface area contributed by atoms with Crippen LogP contribution in [0.3, 0.4) is 0 Å². The number of hydrogen-bond acceptors (Lipinski definition) is 3. The average molecular weight is 217 g/mol. The fourth-order valence-corrected chi connectivity index (χ4v) is 0.953. The first-order valence-corrected chi connectivity index (χ1v) is 4.91. The van der Waals surface area contributed by atoms with Crippen LogP contribution in [-0.2, 0) is 0 Å². The molecule has 0 aliphatic heterocycles. The predicted molar refractivity (Wildman–Crippen MR) is 58.4 cm³/mol. The highest BCUT2D eigenvalue weighted by Crippen LogP contribution is 2.20. The van der Waals surface area contributed by atoms with Crippen molar-refractivity contribution in [3.8, 4) is 0 Å². The van der Waals surface area contributed by atoms with E-state index in [-0.39, 0.29) is 0 Å². The maximum atomic E-state index is 7.00. The fraction of sp³-hybridized carbons (Fsp3) is 0.600. The summed E-state index contributed by atoms with van der Waals surface area (Å²) in [6, 6.07) is 0. The van der Waals surface area contributed by atoms with Gasteiger partial charge in [0.25, 0.3) is 0 Å². The zero-order valence-corrected chi connectivity index (χ0v) is 9.78. The van der Waals surface area contributed by atoms with Crippen molar-refractivity contribution in [2.45, 2.75) is 26.7 Å². The molecule has 14 heavy (non-hydrogen) atoms. The highest BCUT2D eigenvalue weighted by Gasteiger charge is 2.11. The van der Waals surface area contributed by atoms with Crippen molar-refractivity contribution in [3.05, 3.63) is 23.2 Å². The molecule has 0 aliphatic carbocycles. The number of hydrogen-bond donors (Lipinski definition) is 1. The Balaban J connectivity index is 0.000000791. The largest absolute Gasteiger partial charge is 0.400 e. The lowest BCUT2D eigenvalue weighted by Crippen LogP contribution is -2.06. The molecule has 0 bridgehead atoms. The molecule has 1 N–H and O–H groups in total. The highest BCUT2D eigenvalue weighted by atomic mass is 35.5. The quantitative estimate of drug-likeness (QED) is 0.826. The smallest absolute Gasteiger partial charge is 0.131 e. The molecular formula is C10H17ClN2O. The van der Waals surface area contributed by atoms with Crippen LogP contribution in [0.25, 0.3) is 0 Å². The Labute approximate surface area is 90.2 Å². The van der Waals surface area contributed by atoms with E-state index in [1.165, 1.54) is 0 Å². The van der Waals surface area contributed by atoms with Gasteiger partial charge in [0.15, 0.2) is 0 Å². The van der Waals surface area contributed by atoms with Crippen LogP contribution in [0.4, 0.5) is 0 Å². The molecule has 0 amide bonds. The van der Waals surface area contributed by atoms with E-state index in [4.69, 9.17) is 16.7 Å². The molecule has 1 atom stereocenters. The van der Waals surface area contributed by atoms with E-state index in [0.717, 1.165) is 12.9 Å². The van der Waals surface area contributed by atoms with E-state index in [1.807, 2.05) is 0 Å². The number of aliphatic hydroxyl groups is 1. The second kappa shape index (κ2) is 6.74. The lowest BCUT2D eigenvalue weighted by Gasteiger charge is -2.12. The molecule has 0 aromatic carbocycles.